The zero-order valence-electron chi connectivity index (χ0n) is 19.9. The summed E-state index contributed by atoms with van der Waals surface area (Å²) < 4.78 is 5.89. The molecule has 0 aliphatic carbocycles. The van der Waals surface area contributed by atoms with Gasteiger partial charge < -0.3 is 9.64 Å². The van der Waals surface area contributed by atoms with Crippen molar-refractivity contribution in [1.82, 2.24) is 19.8 Å². The van der Waals surface area contributed by atoms with E-state index in [9.17, 15) is 4.79 Å². The number of hydrogen-bond donors (Lipinski definition) is 0. The molecule has 35 heavy (non-hydrogen) atoms. The average molecular weight is 491 g/mol. The molecule has 2 saturated heterocycles. The van der Waals surface area contributed by atoms with Crippen LogP contribution in [0.25, 0.3) is 0 Å². The number of halogens is 1. The fourth-order valence-electron chi connectivity index (χ4n) is 5.00. The smallest absolute Gasteiger partial charge is 0.254 e. The molecule has 0 spiro atoms. The summed E-state index contributed by atoms with van der Waals surface area (Å²) in [6, 6.07) is 15.2. The predicted octanol–water partition coefficient (Wildman–Crippen LogP) is 5.17. The van der Waals surface area contributed by atoms with Gasteiger partial charge in [-0.15, -0.1) is 0 Å². The Morgan fingerprint density at radius 3 is 2.66 bits per heavy atom. The van der Waals surface area contributed by atoms with Gasteiger partial charge in [0.2, 0.25) is 0 Å². The fraction of sp³-hybridized carbons (Fsp3) is 0.393. The molecule has 3 heterocycles. The van der Waals surface area contributed by atoms with Gasteiger partial charge in [0.05, 0.1) is 23.6 Å². The molecule has 7 heteroatoms. The SMILES string of the molecule is O=C(c1ccc(OCCN2CCCC2)cc1)N1CCC[C@@H]1c1cncc(Cc2cccc(Cl)c2)n1. The van der Waals surface area contributed by atoms with Gasteiger partial charge in [-0.2, -0.15) is 0 Å². The molecule has 2 fully saturated rings. The largest absolute Gasteiger partial charge is 0.492 e. The van der Waals surface area contributed by atoms with Crippen LogP contribution in [0.4, 0.5) is 0 Å². The van der Waals surface area contributed by atoms with Crippen LogP contribution in [-0.2, 0) is 6.42 Å². The topological polar surface area (TPSA) is 58.6 Å². The maximum Gasteiger partial charge on any atom is 0.254 e. The van der Waals surface area contributed by atoms with E-state index < -0.39 is 0 Å². The third-order valence-electron chi connectivity index (χ3n) is 6.81. The van der Waals surface area contributed by atoms with E-state index in [2.05, 4.69) is 9.88 Å². The lowest BCUT2D eigenvalue weighted by Gasteiger charge is -2.24. The minimum atomic E-state index is -0.0642. The van der Waals surface area contributed by atoms with Crippen LogP contribution in [0.2, 0.25) is 5.02 Å². The Bertz CT molecular complexity index is 1150. The molecule has 1 amide bonds. The molecule has 182 valence electrons. The second-order valence-electron chi connectivity index (χ2n) is 9.32. The van der Waals surface area contributed by atoms with Crippen molar-refractivity contribution < 1.29 is 9.53 Å². The number of likely N-dealkylation sites (tertiary alicyclic amines) is 2. The first-order chi connectivity index (χ1) is 17.2. The zero-order valence-corrected chi connectivity index (χ0v) is 20.7. The van der Waals surface area contributed by atoms with Gasteiger partial charge in [0, 0.05) is 36.3 Å². The Morgan fingerprint density at radius 1 is 1.03 bits per heavy atom. The summed E-state index contributed by atoms with van der Waals surface area (Å²) >= 11 is 6.13. The standard InChI is InChI=1S/C28H31ClN4O2/c29-23-6-3-5-21(17-23)18-24-19-30-20-26(31-24)27-7-4-14-33(27)28(34)22-8-10-25(11-9-22)35-16-15-32-12-1-2-13-32/h3,5-6,8-11,17,19-20,27H,1-2,4,7,12-16,18H2/t27-/m1/s1. The van der Waals surface area contributed by atoms with E-state index in [1.54, 1.807) is 12.4 Å². The monoisotopic (exact) mass is 490 g/mol. The molecule has 1 aromatic heterocycles. The van der Waals surface area contributed by atoms with E-state index in [-0.39, 0.29) is 11.9 Å². The first kappa shape index (κ1) is 23.8. The van der Waals surface area contributed by atoms with Gasteiger partial charge in [0.15, 0.2) is 0 Å². The van der Waals surface area contributed by atoms with Crippen molar-refractivity contribution in [2.45, 2.75) is 38.1 Å². The molecule has 0 radical (unpaired) electrons. The Hall–Kier alpha value is -2.96. The number of rotatable bonds is 8. The molecule has 0 unspecified atom stereocenters. The summed E-state index contributed by atoms with van der Waals surface area (Å²) in [4.78, 5) is 27.0. The summed E-state index contributed by atoms with van der Waals surface area (Å²) in [7, 11) is 0. The molecule has 0 saturated carbocycles. The molecule has 5 rings (SSSR count). The van der Waals surface area contributed by atoms with Crippen molar-refractivity contribution >= 4 is 17.5 Å². The highest BCUT2D eigenvalue weighted by atomic mass is 35.5. The molecule has 2 aliphatic heterocycles. The van der Waals surface area contributed by atoms with Crippen LogP contribution in [-0.4, -0.2) is 58.5 Å². The minimum Gasteiger partial charge on any atom is -0.492 e. The number of benzene rings is 2. The van der Waals surface area contributed by atoms with Gasteiger partial charge in [0.1, 0.15) is 12.4 Å². The molecule has 6 nitrogen and oxygen atoms in total. The first-order valence-corrected chi connectivity index (χ1v) is 12.8. The number of aromatic nitrogens is 2. The average Bonchev–Trinajstić information content (AvgIpc) is 3.57. The van der Waals surface area contributed by atoms with Crippen LogP contribution >= 0.6 is 11.6 Å². The predicted molar refractivity (Wildman–Crippen MR) is 137 cm³/mol. The molecule has 2 aliphatic rings. The van der Waals surface area contributed by atoms with Crippen molar-refractivity contribution in [3.63, 3.8) is 0 Å². The van der Waals surface area contributed by atoms with Crippen LogP contribution in [0, 0.1) is 0 Å². The third kappa shape index (κ3) is 6.00. The van der Waals surface area contributed by atoms with Gasteiger partial charge in [-0.1, -0.05) is 23.7 Å². The fourth-order valence-corrected chi connectivity index (χ4v) is 5.21. The highest BCUT2D eigenvalue weighted by molar-refractivity contribution is 6.30. The van der Waals surface area contributed by atoms with E-state index in [1.165, 1.54) is 25.9 Å². The first-order valence-electron chi connectivity index (χ1n) is 12.5. The second-order valence-corrected chi connectivity index (χ2v) is 9.76. The number of carbonyl (C=O) groups is 1. The maximum atomic E-state index is 13.4. The number of amides is 1. The van der Waals surface area contributed by atoms with Crippen molar-refractivity contribution in [2.24, 2.45) is 0 Å². The highest BCUT2D eigenvalue weighted by Crippen LogP contribution is 2.32. The lowest BCUT2D eigenvalue weighted by Crippen LogP contribution is -2.31. The van der Waals surface area contributed by atoms with Crippen molar-refractivity contribution in [3.05, 3.63) is 88.5 Å². The second kappa shape index (κ2) is 11.2. The van der Waals surface area contributed by atoms with Gasteiger partial charge in [-0.25, -0.2) is 0 Å². The Balaban J connectivity index is 1.22. The lowest BCUT2D eigenvalue weighted by molar-refractivity contribution is 0.0732. The molecular formula is C28H31ClN4O2. The Labute approximate surface area is 211 Å². The number of carbonyl (C=O) groups excluding carboxylic acids is 1. The maximum absolute atomic E-state index is 13.4. The van der Waals surface area contributed by atoms with E-state index in [4.69, 9.17) is 21.3 Å². The third-order valence-corrected chi connectivity index (χ3v) is 7.04. The van der Waals surface area contributed by atoms with Gasteiger partial charge >= 0.3 is 0 Å². The van der Waals surface area contributed by atoms with Crippen molar-refractivity contribution in [2.75, 3.05) is 32.8 Å². The molecule has 0 N–H and O–H groups in total. The van der Waals surface area contributed by atoms with Crippen LogP contribution in [0.5, 0.6) is 5.75 Å². The summed E-state index contributed by atoms with van der Waals surface area (Å²) in [6.07, 6.45) is 8.63. The van der Waals surface area contributed by atoms with Crippen LogP contribution < -0.4 is 4.74 Å². The normalized spacial score (nSPS) is 18.2. The number of nitrogens with zero attached hydrogens (tertiary/aromatic N) is 4. The van der Waals surface area contributed by atoms with E-state index in [1.807, 2.05) is 53.4 Å². The summed E-state index contributed by atoms with van der Waals surface area (Å²) in [5.74, 6) is 0.830. The molecule has 3 aromatic rings. The zero-order chi connectivity index (χ0) is 24.0. The summed E-state index contributed by atoms with van der Waals surface area (Å²) in [5, 5.41) is 0.710. The Kier molecular flexibility index (Phi) is 7.60. The van der Waals surface area contributed by atoms with Gasteiger partial charge in [-0.05, 0) is 80.7 Å². The molecular weight excluding hydrogens is 460 g/mol. The summed E-state index contributed by atoms with van der Waals surface area (Å²) in [6.45, 7) is 4.68. The molecule has 1 atom stereocenters. The van der Waals surface area contributed by atoms with E-state index in [0.717, 1.165) is 48.6 Å². The quantitative estimate of drug-likeness (QED) is 0.436. The van der Waals surface area contributed by atoms with Gasteiger partial charge in [0.25, 0.3) is 5.91 Å². The lowest BCUT2D eigenvalue weighted by atomic mass is 10.1. The van der Waals surface area contributed by atoms with Crippen molar-refractivity contribution in [1.29, 1.82) is 0 Å². The minimum absolute atomic E-state index is 0.0261. The number of hydrogen-bond acceptors (Lipinski definition) is 5. The van der Waals surface area contributed by atoms with Gasteiger partial charge in [-0.3, -0.25) is 19.7 Å². The van der Waals surface area contributed by atoms with E-state index in [0.29, 0.717) is 23.6 Å². The molecule has 0 bridgehead atoms. The summed E-state index contributed by atoms with van der Waals surface area (Å²) in [5.41, 5.74) is 3.48. The Morgan fingerprint density at radius 2 is 1.86 bits per heavy atom. The van der Waals surface area contributed by atoms with Crippen molar-refractivity contribution in [3.8, 4) is 5.75 Å². The van der Waals surface area contributed by atoms with Crippen LogP contribution in [0.15, 0.2) is 60.9 Å². The van der Waals surface area contributed by atoms with Crippen LogP contribution in [0.3, 0.4) is 0 Å². The van der Waals surface area contributed by atoms with E-state index >= 15 is 0 Å². The number of ether oxygens (including phenoxy) is 1. The van der Waals surface area contributed by atoms with Crippen LogP contribution in [0.1, 0.15) is 59.0 Å². The molecule has 2 aromatic carbocycles. The highest BCUT2D eigenvalue weighted by Gasteiger charge is 2.32.